The highest BCUT2D eigenvalue weighted by atomic mass is 15.3. The Hall–Kier alpha value is -2.42. The van der Waals surface area contributed by atoms with Crippen molar-refractivity contribution in [3.8, 4) is 17.1 Å². The summed E-state index contributed by atoms with van der Waals surface area (Å²) in [5.41, 5.74) is 5.87. The maximum Gasteiger partial charge on any atom is 0.168 e. The number of benzene rings is 2. The van der Waals surface area contributed by atoms with Crippen LogP contribution in [0.2, 0.25) is 0 Å². The fourth-order valence-corrected chi connectivity index (χ4v) is 3.11. The Balaban J connectivity index is 2.36. The summed E-state index contributed by atoms with van der Waals surface area (Å²) in [5, 5.41) is 9.13. The van der Waals surface area contributed by atoms with Gasteiger partial charge in [-0.15, -0.1) is 10.2 Å². The average Bonchev–Trinajstić information content (AvgIpc) is 2.92. The Bertz CT molecular complexity index is 862. The molecule has 3 nitrogen and oxygen atoms in total. The van der Waals surface area contributed by atoms with E-state index < -0.39 is 0 Å². The molecule has 0 bridgehead atoms. The molecule has 0 aliphatic rings. The largest absolute Gasteiger partial charge is 0.278 e. The molecule has 24 heavy (non-hydrogen) atoms. The van der Waals surface area contributed by atoms with E-state index in [9.17, 15) is 0 Å². The highest BCUT2D eigenvalue weighted by Crippen LogP contribution is 2.32. The number of para-hydroxylation sites is 1. The van der Waals surface area contributed by atoms with Crippen molar-refractivity contribution >= 4 is 0 Å². The Morgan fingerprint density at radius 3 is 2.04 bits per heavy atom. The second-order valence-corrected chi connectivity index (χ2v) is 7.54. The van der Waals surface area contributed by atoms with Crippen molar-refractivity contribution in [3.63, 3.8) is 0 Å². The molecule has 0 fully saturated rings. The number of rotatable bonds is 2. The van der Waals surface area contributed by atoms with Crippen LogP contribution in [0.4, 0.5) is 0 Å². The zero-order chi connectivity index (χ0) is 17.5. The van der Waals surface area contributed by atoms with E-state index in [0.29, 0.717) is 0 Å². The molecule has 3 aromatic rings. The Kier molecular flexibility index (Phi) is 4.04. The number of aromatic nitrogens is 3. The summed E-state index contributed by atoms with van der Waals surface area (Å²) < 4.78 is 2.24. The van der Waals surface area contributed by atoms with Gasteiger partial charge < -0.3 is 0 Å². The van der Waals surface area contributed by atoms with Crippen LogP contribution >= 0.6 is 0 Å². The molecule has 0 N–H and O–H groups in total. The second-order valence-electron chi connectivity index (χ2n) is 7.54. The lowest BCUT2D eigenvalue weighted by atomic mass is 9.95. The summed E-state index contributed by atoms with van der Waals surface area (Å²) in [4.78, 5) is 0. The number of hydrogen-bond donors (Lipinski definition) is 0. The van der Waals surface area contributed by atoms with Gasteiger partial charge in [-0.1, -0.05) is 62.7 Å². The number of hydrogen-bond acceptors (Lipinski definition) is 2. The van der Waals surface area contributed by atoms with Gasteiger partial charge in [0.15, 0.2) is 5.82 Å². The van der Waals surface area contributed by atoms with Gasteiger partial charge in [0.25, 0.3) is 0 Å². The first kappa shape index (κ1) is 16.4. The average molecular weight is 319 g/mol. The highest BCUT2D eigenvalue weighted by molar-refractivity contribution is 5.62. The maximum atomic E-state index is 4.57. The Morgan fingerprint density at radius 2 is 1.46 bits per heavy atom. The summed E-state index contributed by atoms with van der Waals surface area (Å²) in [5.74, 6) is 1.89. The van der Waals surface area contributed by atoms with Crippen LogP contribution in [-0.4, -0.2) is 14.8 Å². The highest BCUT2D eigenvalue weighted by Gasteiger charge is 2.26. The molecule has 0 unspecified atom stereocenters. The predicted molar refractivity (Wildman–Crippen MR) is 99.7 cm³/mol. The van der Waals surface area contributed by atoms with Gasteiger partial charge in [-0.2, -0.15) is 0 Å². The molecule has 0 atom stereocenters. The third-order valence-corrected chi connectivity index (χ3v) is 4.27. The standard InChI is InChI=1S/C21H25N3/c1-14-9-7-12-17(13-14)19-22-23-20(21(4,5)6)24(19)18-15(2)10-8-11-16(18)3/h7-13H,1-6H3. The summed E-state index contributed by atoms with van der Waals surface area (Å²) in [6.07, 6.45) is 0. The molecule has 2 aromatic carbocycles. The predicted octanol–water partition coefficient (Wildman–Crippen LogP) is 5.16. The molecule has 0 spiro atoms. The summed E-state index contributed by atoms with van der Waals surface area (Å²) in [6.45, 7) is 12.9. The first-order chi connectivity index (χ1) is 11.3. The van der Waals surface area contributed by atoms with E-state index in [0.717, 1.165) is 17.2 Å². The lowest BCUT2D eigenvalue weighted by molar-refractivity contribution is 0.533. The zero-order valence-electron chi connectivity index (χ0n) is 15.4. The van der Waals surface area contributed by atoms with Crippen LogP contribution in [0.5, 0.6) is 0 Å². The van der Waals surface area contributed by atoms with Gasteiger partial charge in [0.05, 0.1) is 5.69 Å². The van der Waals surface area contributed by atoms with Crippen molar-refractivity contribution in [2.45, 2.75) is 47.0 Å². The molecular weight excluding hydrogens is 294 g/mol. The van der Waals surface area contributed by atoms with E-state index >= 15 is 0 Å². The molecule has 1 heterocycles. The van der Waals surface area contributed by atoms with E-state index in [4.69, 9.17) is 0 Å². The van der Waals surface area contributed by atoms with Gasteiger partial charge in [0.1, 0.15) is 5.82 Å². The molecule has 0 saturated heterocycles. The van der Waals surface area contributed by atoms with Gasteiger partial charge in [-0.05, 0) is 38.0 Å². The Morgan fingerprint density at radius 1 is 0.833 bits per heavy atom. The monoisotopic (exact) mass is 319 g/mol. The quantitative estimate of drug-likeness (QED) is 0.653. The molecule has 1 aromatic heterocycles. The molecule has 3 rings (SSSR count). The van der Waals surface area contributed by atoms with Crippen LogP contribution in [-0.2, 0) is 5.41 Å². The summed E-state index contributed by atoms with van der Waals surface area (Å²) >= 11 is 0. The lowest BCUT2D eigenvalue weighted by Crippen LogP contribution is -2.19. The zero-order valence-corrected chi connectivity index (χ0v) is 15.4. The smallest absolute Gasteiger partial charge is 0.168 e. The van der Waals surface area contributed by atoms with Crippen LogP contribution in [0.15, 0.2) is 42.5 Å². The Labute approximate surface area is 144 Å². The van der Waals surface area contributed by atoms with Crippen LogP contribution in [0, 0.1) is 20.8 Å². The third kappa shape index (κ3) is 2.86. The molecule has 3 heteroatoms. The van der Waals surface area contributed by atoms with Crippen molar-refractivity contribution in [2.75, 3.05) is 0 Å². The number of nitrogens with zero attached hydrogens (tertiary/aromatic N) is 3. The fourth-order valence-electron chi connectivity index (χ4n) is 3.11. The van der Waals surface area contributed by atoms with E-state index in [-0.39, 0.29) is 5.41 Å². The fraction of sp³-hybridized carbons (Fsp3) is 0.333. The maximum absolute atomic E-state index is 4.57. The van der Waals surface area contributed by atoms with Crippen molar-refractivity contribution in [3.05, 3.63) is 65.0 Å². The summed E-state index contributed by atoms with van der Waals surface area (Å²) in [7, 11) is 0. The van der Waals surface area contributed by atoms with Gasteiger partial charge in [-0.3, -0.25) is 4.57 Å². The molecule has 0 saturated carbocycles. The minimum Gasteiger partial charge on any atom is -0.278 e. The van der Waals surface area contributed by atoms with Crippen molar-refractivity contribution < 1.29 is 0 Å². The van der Waals surface area contributed by atoms with Gasteiger partial charge in [-0.25, -0.2) is 0 Å². The second kappa shape index (κ2) is 5.90. The molecule has 0 amide bonds. The summed E-state index contributed by atoms with van der Waals surface area (Å²) in [6, 6.07) is 14.8. The number of aryl methyl sites for hydroxylation is 3. The van der Waals surface area contributed by atoms with Crippen LogP contribution in [0.3, 0.4) is 0 Å². The van der Waals surface area contributed by atoms with Crippen molar-refractivity contribution in [1.29, 1.82) is 0 Å². The first-order valence-electron chi connectivity index (χ1n) is 8.38. The van der Waals surface area contributed by atoms with Gasteiger partial charge in [0.2, 0.25) is 0 Å². The van der Waals surface area contributed by atoms with Crippen molar-refractivity contribution in [1.82, 2.24) is 14.8 Å². The van der Waals surface area contributed by atoms with Gasteiger partial charge in [0, 0.05) is 11.0 Å². The first-order valence-corrected chi connectivity index (χ1v) is 8.38. The molecule has 0 aliphatic carbocycles. The molecular formula is C21H25N3. The molecule has 124 valence electrons. The van der Waals surface area contributed by atoms with E-state index in [1.165, 1.54) is 22.4 Å². The molecule has 0 aliphatic heterocycles. The molecule has 0 radical (unpaired) electrons. The topological polar surface area (TPSA) is 30.7 Å². The van der Waals surface area contributed by atoms with E-state index in [2.05, 4.69) is 98.8 Å². The normalized spacial score (nSPS) is 11.8. The van der Waals surface area contributed by atoms with Crippen LogP contribution in [0.1, 0.15) is 43.3 Å². The SMILES string of the molecule is Cc1cccc(-c2nnc(C(C)(C)C)n2-c2c(C)cccc2C)c1. The van der Waals surface area contributed by atoms with Crippen LogP contribution < -0.4 is 0 Å². The van der Waals surface area contributed by atoms with Gasteiger partial charge >= 0.3 is 0 Å². The lowest BCUT2D eigenvalue weighted by Gasteiger charge is -2.22. The minimum atomic E-state index is -0.0935. The third-order valence-electron chi connectivity index (χ3n) is 4.27. The van der Waals surface area contributed by atoms with E-state index in [1.54, 1.807) is 0 Å². The minimum absolute atomic E-state index is 0.0935. The van der Waals surface area contributed by atoms with Crippen molar-refractivity contribution in [2.24, 2.45) is 0 Å². The van der Waals surface area contributed by atoms with Crippen LogP contribution in [0.25, 0.3) is 17.1 Å². The van der Waals surface area contributed by atoms with E-state index in [1.807, 2.05) is 0 Å².